The molecule has 0 aromatic heterocycles. The van der Waals surface area contributed by atoms with Crippen LogP contribution in [0.5, 0.6) is 0 Å². The number of hydrogen-bond acceptors (Lipinski definition) is 2. The number of fused-ring (bicyclic) bond motifs is 1. The van der Waals surface area contributed by atoms with Crippen molar-refractivity contribution in [2.24, 2.45) is 0 Å². The maximum Gasteiger partial charge on any atom is 0.213 e. The highest BCUT2D eigenvalue weighted by molar-refractivity contribution is 6.32. The van der Waals surface area contributed by atoms with Crippen molar-refractivity contribution in [2.45, 2.75) is 13.8 Å². The lowest BCUT2D eigenvalue weighted by atomic mass is 9.88. The first-order valence-electron chi connectivity index (χ1n) is 10.9. The summed E-state index contributed by atoms with van der Waals surface area (Å²) in [6, 6.07) is 26.6. The van der Waals surface area contributed by atoms with Crippen molar-refractivity contribution in [1.29, 1.82) is 0 Å². The van der Waals surface area contributed by atoms with E-state index in [-0.39, 0.29) is 0 Å². The van der Waals surface area contributed by atoms with Gasteiger partial charge in [-0.25, -0.2) is 0 Å². The molecule has 3 aromatic carbocycles. The SMILES string of the molecule is CC[N+]1=C(C)C(=C(c2ccc(N(C)C)cc2)c2ccc(N(C)C)cc2)c2ccccc21. The molecule has 158 valence electrons. The van der Waals surface area contributed by atoms with Crippen LogP contribution in [0.3, 0.4) is 0 Å². The zero-order chi connectivity index (χ0) is 22.1. The molecule has 1 aliphatic rings. The summed E-state index contributed by atoms with van der Waals surface area (Å²) < 4.78 is 2.42. The van der Waals surface area contributed by atoms with Gasteiger partial charge in [0.25, 0.3) is 0 Å². The molecule has 0 radical (unpaired) electrons. The smallest absolute Gasteiger partial charge is 0.213 e. The van der Waals surface area contributed by atoms with Gasteiger partial charge in [0.15, 0.2) is 5.71 Å². The first-order chi connectivity index (χ1) is 14.9. The number of rotatable bonds is 5. The van der Waals surface area contributed by atoms with E-state index in [9.17, 15) is 0 Å². The summed E-state index contributed by atoms with van der Waals surface area (Å²) in [5, 5.41) is 0. The molecule has 31 heavy (non-hydrogen) atoms. The van der Waals surface area contributed by atoms with E-state index in [0.29, 0.717) is 0 Å². The molecule has 0 saturated carbocycles. The Hall–Kier alpha value is -3.33. The van der Waals surface area contributed by atoms with Gasteiger partial charge >= 0.3 is 0 Å². The molecule has 0 fully saturated rings. The highest BCUT2D eigenvalue weighted by atomic mass is 15.1. The average Bonchev–Trinajstić information content (AvgIpc) is 3.06. The lowest BCUT2D eigenvalue weighted by Gasteiger charge is -2.17. The van der Waals surface area contributed by atoms with Gasteiger partial charge < -0.3 is 9.80 Å². The summed E-state index contributed by atoms with van der Waals surface area (Å²) in [5.74, 6) is 0. The van der Waals surface area contributed by atoms with Crippen LogP contribution in [0.15, 0.2) is 72.8 Å². The zero-order valence-corrected chi connectivity index (χ0v) is 19.5. The summed E-state index contributed by atoms with van der Waals surface area (Å²) in [4.78, 5) is 4.28. The molecule has 1 aliphatic heterocycles. The average molecular weight is 411 g/mol. The van der Waals surface area contributed by atoms with Crippen LogP contribution in [-0.4, -0.2) is 45.0 Å². The molecular formula is C28H32N3+. The number of nitrogens with zero attached hydrogens (tertiary/aromatic N) is 3. The van der Waals surface area contributed by atoms with Crippen LogP contribution in [0.1, 0.15) is 30.5 Å². The Bertz CT molecular complexity index is 1090. The summed E-state index contributed by atoms with van der Waals surface area (Å²) in [7, 11) is 8.33. The monoisotopic (exact) mass is 410 g/mol. The fourth-order valence-electron chi connectivity index (χ4n) is 4.46. The number of anilines is 2. The molecular weight excluding hydrogens is 378 g/mol. The van der Waals surface area contributed by atoms with E-state index in [2.05, 4.69) is 129 Å². The lowest BCUT2D eigenvalue weighted by Crippen LogP contribution is -2.10. The highest BCUT2D eigenvalue weighted by Crippen LogP contribution is 2.41. The third kappa shape index (κ3) is 3.76. The van der Waals surface area contributed by atoms with E-state index < -0.39 is 0 Å². The molecule has 3 heteroatoms. The summed E-state index contributed by atoms with van der Waals surface area (Å²) in [6.45, 7) is 5.43. The van der Waals surface area contributed by atoms with Gasteiger partial charge in [0.05, 0.1) is 11.1 Å². The van der Waals surface area contributed by atoms with E-state index in [4.69, 9.17) is 0 Å². The minimum absolute atomic E-state index is 0.957. The standard InChI is InChI=1S/C28H32N3/c1-7-31-20(2)27(25-10-8-9-11-26(25)31)28(21-12-16-23(17-13-21)29(3)4)22-14-18-24(19-15-22)30(5)6/h8-19H,7H2,1-6H3/q+1. The molecule has 1 heterocycles. The van der Waals surface area contributed by atoms with E-state index in [1.54, 1.807) is 0 Å². The molecule has 3 nitrogen and oxygen atoms in total. The summed E-state index contributed by atoms with van der Waals surface area (Å²) in [5.41, 5.74) is 11.4. The molecule has 0 spiro atoms. The second-order valence-corrected chi connectivity index (χ2v) is 8.48. The van der Waals surface area contributed by atoms with Crippen molar-refractivity contribution in [2.75, 3.05) is 44.5 Å². The van der Waals surface area contributed by atoms with Crippen LogP contribution in [-0.2, 0) is 0 Å². The third-order valence-electron chi connectivity index (χ3n) is 6.14. The van der Waals surface area contributed by atoms with Crippen LogP contribution in [0.2, 0.25) is 0 Å². The Morgan fingerprint density at radius 2 is 1.19 bits per heavy atom. The predicted octanol–water partition coefficient (Wildman–Crippen LogP) is 5.92. The zero-order valence-electron chi connectivity index (χ0n) is 19.5. The Morgan fingerprint density at radius 3 is 1.65 bits per heavy atom. The maximum absolute atomic E-state index is 2.42. The molecule has 0 saturated heterocycles. The summed E-state index contributed by atoms with van der Waals surface area (Å²) >= 11 is 0. The minimum Gasteiger partial charge on any atom is -0.378 e. The fourth-order valence-corrected chi connectivity index (χ4v) is 4.46. The van der Waals surface area contributed by atoms with E-state index in [0.717, 1.165) is 6.54 Å². The van der Waals surface area contributed by atoms with Gasteiger partial charge in [-0.05, 0) is 48.4 Å². The second-order valence-electron chi connectivity index (χ2n) is 8.48. The van der Waals surface area contributed by atoms with Gasteiger partial charge in [0, 0.05) is 58.1 Å². The van der Waals surface area contributed by atoms with Gasteiger partial charge in [0.2, 0.25) is 5.69 Å². The number of para-hydroxylation sites is 1. The van der Waals surface area contributed by atoms with Gasteiger partial charge in [-0.3, -0.25) is 0 Å². The third-order valence-corrected chi connectivity index (χ3v) is 6.14. The van der Waals surface area contributed by atoms with E-state index in [1.165, 1.54) is 50.6 Å². The van der Waals surface area contributed by atoms with Crippen molar-refractivity contribution in [3.8, 4) is 0 Å². The van der Waals surface area contributed by atoms with Gasteiger partial charge in [-0.2, -0.15) is 4.58 Å². The molecule has 0 N–H and O–H groups in total. The maximum atomic E-state index is 2.42. The molecule has 4 rings (SSSR count). The van der Waals surface area contributed by atoms with Gasteiger partial charge in [0.1, 0.15) is 6.54 Å². The Balaban J connectivity index is 2.00. The van der Waals surface area contributed by atoms with Gasteiger partial charge in [-0.1, -0.05) is 36.4 Å². The van der Waals surface area contributed by atoms with E-state index in [1.807, 2.05) is 0 Å². The Morgan fingerprint density at radius 1 is 0.710 bits per heavy atom. The van der Waals surface area contributed by atoms with Crippen molar-refractivity contribution in [1.82, 2.24) is 0 Å². The predicted molar refractivity (Wildman–Crippen MR) is 135 cm³/mol. The minimum atomic E-state index is 0.957. The molecule has 0 amide bonds. The van der Waals surface area contributed by atoms with Crippen LogP contribution in [0, 0.1) is 0 Å². The quantitative estimate of drug-likeness (QED) is 0.483. The molecule has 0 unspecified atom stereocenters. The molecule has 3 aromatic rings. The first kappa shape index (κ1) is 20.9. The van der Waals surface area contributed by atoms with Crippen LogP contribution in [0.25, 0.3) is 11.1 Å². The number of hydrogen-bond donors (Lipinski definition) is 0. The largest absolute Gasteiger partial charge is 0.378 e. The van der Waals surface area contributed by atoms with Crippen molar-refractivity contribution in [3.05, 3.63) is 89.5 Å². The van der Waals surface area contributed by atoms with Crippen molar-refractivity contribution in [3.63, 3.8) is 0 Å². The van der Waals surface area contributed by atoms with Crippen LogP contribution in [0.4, 0.5) is 17.1 Å². The molecule has 0 aliphatic carbocycles. The second kappa shape index (κ2) is 8.43. The van der Waals surface area contributed by atoms with Crippen molar-refractivity contribution < 1.29 is 4.58 Å². The normalized spacial score (nSPS) is 12.8. The van der Waals surface area contributed by atoms with E-state index >= 15 is 0 Å². The fraction of sp³-hybridized carbons (Fsp3) is 0.250. The Labute approximate surface area is 186 Å². The lowest BCUT2D eigenvalue weighted by molar-refractivity contribution is -0.432. The van der Waals surface area contributed by atoms with Crippen LogP contribution >= 0.6 is 0 Å². The van der Waals surface area contributed by atoms with Crippen LogP contribution < -0.4 is 9.80 Å². The topological polar surface area (TPSA) is 9.49 Å². The highest BCUT2D eigenvalue weighted by Gasteiger charge is 2.33. The summed E-state index contributed by atoms with van der Waals surface area (Å²) in [6.07, 6.45) is 0. The van der Waals surface area contributed by atoms with Gasteiger partial charge in [-0.15, -0.1) is 0 Å². The molecule has 0 bridgehead atoms. The Kier molecular flexibility index (Phi) is 5.69. The number of allylic oxidation sites excluding steroid dienone is 1. The molecule has 0 atom stereocenters. The first-order valence-corrected chi connectivity index (χ1v) is 10.9. The number of benzene rings is 3. The van der Waals surface area contributed by atoms with Crippen molar-refractivity contribution >= 4 is 33.9 Å².